The smallest absolute Gasteiger partial charge is 0.253 e. The summed E-state index contributed by atoms with van der Waals surface area (Å²) in [6.45, 7) is 5.11. The maximum Gasteiger partial charge on any atom is 0.253 e. The highest BCUT2D eigenvalue weighted by molar-refractivity contribution is 5.95. The van der Waals surface area contributed by atoms with Crippen molar-refractivity contribution in [2.45, 2.75) is 13.8 Å². The van der Waals surface area contributed by atoms with Gasteiger partial charge in [-0.25, -0.2) is 0 Å². The van der Waals surface area contributed by atoms with Crippen molar-refractivity contribution in [1.29, 1.82) is 0 Å². The van der Waals surface area contributed by atoms with Crippen molar-refractivity contribution in [3.05, 3.63) is 59.2 Å². The lowest BCUT2D eigenvalue weighted by Gasteiger charge is -2.19. The maximum atomic E-state index is 12.5. The first-order chi connectivity index (χ1) is 11.4. The Labute approximate surface area is 144 Å². The molecule has 2 aromatic rings. The Bertz CT molecular complexity index is 690. The van der Waals surface area contributed by atoms with Crippen LogP contribution in [-0.2, 0) is 0 Å². The zero-order valence-corrected chi connectivity index (χ0v) is 15.2. The van der Waals surface area contributed by atoms with E-state index < -0.39 is 0 Å². The normalized spacial score (nSPS) is 10.4. The fourth-order valence-corrected chi connectivity index (χ4v) is 2.56. The lowest BCUT2D eigenvalue weighted by Crippen LogP contribution is -2.31. The van der Waals surface area contributed by atoms with Crippen LogP contribution in [0.1, 0.15) is 21.5 Å². The molecule has 0 fully saturated rings. The number of anilines is 1. The summed E-state index contributed by atoms with van der Waals surface area (Å²) in [5.41, 5.74) is 4.06. The Hall–Kier alpha value is -2.49. The van der Waals surface area contributed by atoms with Crippen LogP contribution in [0.5, 0.6) is 5.75 Å². The highest BCUT2D eigenvalue weighted by atomic mass is 16.5. The fraction of sp³-hybridized carbons (Fsp3) is 0.350. The van der Waals surface area contributed by atoms with Gasteiger partial charge in [-0.2, -0.15) is 0 Å². The van der Waals surface area contributed by atoms with Crippen LogP contribution in [0.25, 0.3) is 0 Å². The summed E-state index contributed by atoms with van der Waals surface area (Å²) in [7, 11) is 5.73. The molecule has 4 heteroatoms. The van der Waals surface area contributed by atoms with Crippen molar-refractivity contribution >= 4 is 11.6 Å². The molecule has 0 bridgehead atoms. The number of ether oxygens (including phenoxy) is 1. The lowest BCUT2D eigenvalue weighted by molar-refractivity contribution is 0.0774. The Balaban J connectivity index is 1.93. The number of aryl methyl sites for hydroxylation is 2. The Morgan fingerprint density at radius 1 is 1.00 bits per heavy atom. The molecule has 0 spiro atoms. The van der Waals surface area contributed by atoms with Crippen molar-refractivity contribution in [1.82, 2.24) is 4.90 Å². The van der Waals surface area contributed by atoms with E-state index in [1.165, 1.54) is 11.1 Å². The number of carbonyl (C=O) groups is 1. The average molecular weight is 326 g/mol. The summed E-state index contributed by atoms with van der Waals surface area (Å²) in [4.78, 5) is 16.2. The largest absolute Gasteiger partial charge is 0.492 e. The third-order valence-electron chi connectivity index (χ3n) is 3.85. The minimum absolute atomic E-state index is 0.00252. The summed E-state index contributed by atoms with van der Waals surface area (Å²) in [5, 5.41) is 0. The van der Waals surface area contributed by atoms with Gasteiger partial charge in [-0.05, 0) is 55.3 Å². The third kappa shape index (κ3) is 4.75. The van der Waals surface area contributed by atoms with Crippen LogP contribution in [0, 0.1) is 13.8 Å². The van der Waals surface area contributed by atoms with E-state index in [9.17, 15) is 4.79 Å². The number of amides is 1. The zero-order valence-electron chi connectivity index (χ0n) is 15.2. The predicted octanol–water partition coefficient (Wildman–Crippen LogP) is 3.52. The van der Waals surface area contributed by atoms with Gasteiger partial charge in [0, 0.05) is 32.4 Å². The van der Waals surface area contributed by atoms with Gasteiger partial charge in [0.15, 0.2) is 0 Å². The highest BCUT2D eigenvalue weighted by Crippen LogP contribution is 2.17. The second-order valence-electron chi connectivity index (χ2n) is 6.34. The SMILES string of the molecule is Cc1cc(C)cc(OCCN(C)C(=O)c2cccc(N(C)C)c2)c1. The minimum atomic E-state index is 0.00252. The molecule has 0 saturated carbocycles. The molecular weight excluding hydrogens is 300 g/mol. The summed E-state index contributed by atoms with van der Waals surface area (Å²) in [5.74, 6) is 0.852. The summed E-state index contributed by atoms with van der Waals surface area (Å²) >= 11 is 0. The second kappa shape index (κ2) is 7.86. The summed E-state index contributed by atoms with van der Waals surface area (Å²) in [6, 6.07) is 13.8. The van der Waals surface area contributed by atoms with Gasteiger partial charge in [0.2, 0.25) is 0 Å². The number of benzene rings is 2. The number of likely N-dealkylation sites (N-methyl/N-ethyl adjacent to an activating group) is 1. The van der Waals surface area contributed by atoms with Gasteiger partial charge < -0.3 is 14.5 Å². The van der Waals surface area contributed by atoms with Gasteiger partial charge in [0.1, 0.15) is 12.4 Å². The van der Waals surface area contributed by atoms with Gasteiger partial charge in [0.05, 0.1) is 6.54 Å². The van der Waals surface area contributed by atoms with Crippen LogP contribution in [0.2, 0.25) is 0 Å². The molecule has 1 amide bonds. The Kier molecular flexibility index (Phi) is 5.85. The maximum absolute atomic E-state index is 12.5. The van der Waals surface area contributed by atoms with Crippen LogP contribution in [0.4, 0.5) is 5.69 Å². The first-order valence-electron chi connectivity index (χ1n) is 8.11. The number of hydrogen-bond donors (Lipinski definition) is 0. The van der Waals surface area contributed by atoms with E-state index in [2.05, 4.69) is 6.07 Å². The van der Waals surface area contributed by atoms with E-state index in [0.29, 0.717) is 18.7 Å². The molecule has 0 radical (unpaired) electrons. The molecular formula is C20H26N2O2. The average Bonchev–Trinajstić information content (AvgIpc) is 2.53. The molecule has 0 unspecified atom stereocenters. The van der Waals surface area contributed by atoms with Gasteiger partial charge in [-0.3, -0.25) is 4.79 Å². The molecule has 128 valence electrons. The zero-order chi connectivity index (χ0) is 17.7. The van der Waals surface area contributed by atoms with Crippen LogP contribution < -0.4 is 9.64 Å². The molecule has 24 heavy (non-hydrogen) atoms. The van der Waals surface area contributed by atoms with Gasteiger partial charge in [-0.1, -0.05) is 12.1 Å². The summed E-state index contributed by atoms with van der Waals surface area (Å²) < 4.78 is 5.78. The number of hydrogen-bond acceptors (Lipinski definition) is 3. The Morgan fingerprint density at radius 3 is 2.29 bits per heavy atom. The molecule has 0 N–H and O–H groups in total. The Morgan fingerprint density at radius 2 is 1.67 bits per heavy atom. The van der Waals surface area contributed by atoms with Crippen LogP contribution in [0.15, 0.2) is 42.5 Å². The second-order valence-corrected chi connectivity index (χ2v) is 6.34. The van der Waals surface area contributed by atoms with Gasteiger partial charge >= 0.3 is 0 Å². The molecule has 0 aliphatic carbocycles. The van der Waals surface area contributed by atoms with Crippen molar-refractivity contribution < 1.29 is 9.53 Å². The van der Waals surface area contributed by atoms with Crippen LogP contribution in [0.3, 0.4) is 0 Å². The van der Waals surface area contributed by atoms with Crippen LogP contribution in [-0.4, -0.2) is 45.1 Å². The van der Waals surface area contributed by atoms with Crippen molar-refractivity contribution in [2.75, 3.05) is 39.2 Å². The molecule has 2 rings (SSSR count). The first-order valence-corrected chi connectivity index (χ1v) is 8.11. The van der Waals surface area contributed by atoms with E-state index in [1.54, 1.807) is 11.9 Å². The quantitative estimate of drug-likeness (QED) is 0.814. The molecule has 0 aliphatic rings. The van der Waals surface area contributed by atoms with E-state index in [4.69, 9.17) is 4.74 Å². The van der Waals surface area contributed by atoms with Crippen molar-refractivity contribution in [3.63, 3.8) is 0 Å². The molecule has 0 aromatic heterocycles. The number of nitrogens with zero attached hydrogens (tertiary/aromatic N) is 2. The fourth-order valence-electron chi connectivity index (χ4n) is 2.56. The molecule has 2 aromatic carbocycles. The van der Waals surface area contributed by atoms with E-state index >= 15 is 0 Å². The lowest BCUT2D eigenvalue weighted by atomic mass is 10.1. The van der Waals surface area contributed by atoms with Crippen LogP contribution >= 0.6 is 0 Å². The van der Waals surface area contributed by atoms with Crippen molar-refractivity contribution in [3.8, 4) is 5.75 Å². The number of rotatable bonds is 6. The predicted molar refractivity (Wildman–Crippen MR) is 99.1 cm³/mol. The molecule has 0 saturated heterocycles. The minimum Gasteiger partial charge on any atom is -0.492 e. The van der Waals surface area contributed by atoms with Gasteiger partial charge in [0.25, 0.3) is 5.91 Å². The van der Waals surface area contributed by atoms with Crippen molar-refractivity contribution in [2.24, 2.45) is 0 Å². The van der Waals surface area contributed by atoms with Gasteiger partial charge in [-0.15, -0.1) is 0 Å². The molecule has 0 atom stereocenters. The molecule has 0 aliphatic heterocycles. The van der Waals surface area contributed by atoms with E-state index in [0.717, 1.165) is 11.4 Å². The standard InChI is InChI=1S/C20H26N2O2/c1-15-11-16(2)13-19(12-15)24-10-9-22(5)20(23)17-7-6-8-18(14-17)21(3)4/h6-8,11-14H,9-10H2,1-5H3. The summed E-state index contributed by atoms with van der Waals surface area (Å²) in [6.07, 6.45) is 0. The first kappa shape index (κ1) is 17.9. The highest BCUT2D eigenvalue weighted by Gasteiger charge is 2.12. The monoisotopic (exact) mass is 326 g/mol. The van der Waals surface area contributed by atoms with E-state index in [1.807, 2.05) is 69.2 Å². The third-order valence-corrected chi connectivity index (χ3v) is 3.85. The molecule has 4 nitrogen and oxygen atoms in total. The topological polar surface area (TPSA) is 32.8 Å². The number of carbonyl (C=O) groups excluding carboxylic acids is 1. The van der Waals surface area contributed by atoms with E-state index in [-0.39, 0.29) is 5.91 Å². The molecule has 0 heterocycles.